The maximum Gasteiger partial charge on any atom is 0.229 e. The van der Waals surface area contributed by atoms with Crippen LogP contribution in [0.2, 0.25) is 0 Å². The van der Waals surface area contributed by atoms with Crippen LogP contribution >= 0.6 is 0 Å². The van der Waals surface area contributed by atoms with Crippen LogP contribution in [0, 0.1) is 0 Å². The summed E-state index contributed by atoms with van der Waals surface area (Å²) in [6.45, 7) is 3.75. The van der Waals surface area contributed by atoms with E-state index in [0.29, 0.717) is 18.4 Å². The van der Waals surface area contributed by atoms with Gasteiger partial charge in [-0.05, 0) is 25.8 Å². The molecule has 9 nitrogen and oxygen atoms in total. The summed E-state index contributed by atoms with van der Waals surface area (Å²) in [5, 5.41) is 8.84. The first kappa shape index (κ1) is 16.2. The van der Waals surface area contributed by atoms with Gasteiger partial charge in [0.2, 0.25) is 11.9 Å². The molecule has 1 unspecified atom stereocenters. The van der Waals surface area contributed by atoms with Crippen molar-refractivity contribution in [2.45, 2.75) is 44.7 Å². The Hall–Kier alpha value is -2.29. The molecule has 2 aromatic rings. The molecule has 9 heteroatoms. The summed E-state index contributed by atoms with van der Waals surface area (Å²) < 4.78 is 2.32. The molecule has 0 amide bonds. The van der Waals surface area contributed by atoms with Gasteiger partial charge in [0.05, 0.1) is 6.54 Å². The van der Waals surface area contributed by atoms with Gasteiger partial charge in [-0.2, -0.15) is 15.0 Å². The van der Waals surface area contributed by atoms with Crippen molar-refractivity contribution in [3.63, 3.8) is 0 Å². The van der Waals surface area contributed by atoms with E-state index in [1.165, 1.54) is 6.42 Å². The molecule has 0 aliphatic carbocycles. The van der Waals surface area contributed by atoms with E-state index >= 15 is 0 Å². The van der Waals surface area contributed by atoms with Gasteiger partial charge in [0, 0.05) is 39.5 Å². The Labute approximate surface area is 147 Å². The highest BCUT2D eigenvalue weighted by Crippen LogP contribution is 2.29. The topological polar surface area (TPSA) is 102 Å². The van der Waals surface area contributed by atoms with Crippen LogP contribution in [0.4, 0.5) is 11.9 Å². The lowest BCUT2D eigenvalue weighted by atomic mass is 9.97. The molecular weight excluding hydrogens is 318 g/mol. The predicted molar refractivity (Wildman–Crippen MR) is 94.2 cm³/mol. The number of hydrogen-bond acceptors (Lipinski definition) is 8. The van der Waals surface area contributed by atoms with E-state index in [1.54, 1.807) is 0 Å². The van der Waals surface area contributed by atoms with E-state index in [4.69, 9.17) is 5.73 Å². The standard InChI is InChI=1S/C16H25N9/c1-23(2)16-19-12(18-15(17)20-16)10-24-7-3-5-11(9-24)14-22-21-13-6-4-8-25(13)14/h11H,3-10H2,1-2H3,(H2,17,18,19,20). The molecule has 2 aliphatic heterocycles. The summed E-state index contributed by atoms with van der Waals surface area (Å²) in [6.07, 6.45) is 4.55. The minimum Gasteiger partial charge on any atom is -0.368 e. The first-order valence-electron chi connectivity index (χ1n) is 8.92. The summed E-state index contributed by atoms with van der Waals surface area (Å²) >= 11 is 0. The number of hydrogen-bond donors (Lipinski definition) is 1. The third kappa shape index (κ3) is 3.28. The van der Waals surface area contributed by atoms with Crippen molar-refractivity contribution in [3.05, 3.63) is 17.5 Å². The van der Waals surface area contributed by atoms with Crippen molar-refractivity contribution in [2.24, 2.45) is 0 Å². The van der Waals surface area contributed by atoms with Crippen molar-refractivity contribution in [1.82, 2.24) is 34.6 Å². The van der Waals surface area contributed by atoms with Crippen molar-refractivity contribution in [1.29, 1.82) is 0 Å². The molecule has 0 bridgehead atoms. The van der Waals surface area contributed by atoms with Gasteiger partial charge in [-0.1, -0.05) is 0 Å². The minimum absolute atomic E-state index is 0.275. The number of likely N-dealkylation sites (tertiary alicyclic amines) is 1. The van der Waals surface area contributed by atoms with Crippen LogP contribution < -0.4 is 10.6 Å². The highest BCUT2D eigenvalue weighted by molar-refractivity contribution is 5.32. The zero-order chi connectivity index (χ0) is 17.4. The Morgan fingerprint density at radius 3 is 2.84 bits per heavy atom. The van der Waals surface area contributed by atoms with Crippen LogP contribution in [0.5, 0.6) is 0 Å². The fourth-order valence-corrected chi connectivity index (χ4v) is 3.78. The molecule has 1 atom stereocenters. The molecule has 0 spiro atoms. The second-order valence-corrected chi connectivity index (χ2v) is 7.11. The van der Waals surface area contributed by atoms with Crippen LogP contribution in [-0.2, 0) is 19.5 Å². The van der Waals surface area contributed by atoms with E-state index < -0.39 is 0 Å². The number of piperidine rings is 1. The van der Waals surface area contributed by atoms with Crippen LogP contribution in [-0.4, -0.2) is 61.8 Å². The average molecular weight is 343 g/mol. The quantitative estimate of drug-likeness (QED) is 0.853. The molecule has 1 saturated heterocycles. The van der Waals surface area contributed by atoms with Gasteiger partial charge in [0.1, 0.15) is 17.5 Å². The van der Waals surface area contributed by atoms with Crippen LogP contribution in [0.3, 0.4) is 0 Å². The van der Waals surface area contributed by atoms with Gasteiger partial charge >= 0.3 is 0 Å². The molecule has 2 aliphatic rings. The first-order chi connectivity index (χ1) is 12.1. The lowest BCUT2D eigenvalue weighted by Crippen LogP contribution is -2.35. The Kier molecular flexibility index (Phi) is 4.24. The van der Waals surface area contributed by atoms with Crippen molar-refractivity contribution < 1.29 is 0 Å². The molecule has 4 heterocycles. The molecule has 0 saturated carbocycles. The summed E-state index contributed by atoms with van der Waals surface area (Å²) in [7, 11) is 3.81. The third-order valence-corrected chi connectivity index (χ3v) is 4.96. The highest BCUT2D eigenvalue weighted by Gasteiger charge is 2.28. The lowest BCUT2D eigenvalue weighted by Gasteiger charge is -2.31. The van der Waals surface area contributed by atoms with Crippen LogP contribution in [0.25, 0.3) is 0 Å². The van der Waals surface area contributed by atoms with Crippen molar-refractivity contribution >= 4 is 11.9 Å². The van der Waals surface area contributed by atoms with E-state index in [1.807, 2.05) is 19.0 Å². The number of nitrogens with zero attached hydrogens (tertiary/aromatic N) is 8. The number of nitrogen functional groups attached to an aromatic ring is 1. The third-order valence-electron chi connectivity index (χ3n) is 4.96. The van der Waals surface area contributed by atoms with E-state index in [0.717, 1.165) is 56.4 Å². The largest absolute Gasteiger partial charge is 0.368 e. The summed E-state index contributed by atoms with van der Waals surface area (Å²) in [6, 6.07) is 0. The first-order valence-corrected chi connectivity index (χ1v) is 8.92. The van der Waals surface area contributed by atoms with Crippen molar-refractivity contribution in [3.8, 4) is 0 Å². The minimum atomic E-state index is 0.275. The van der Waals surface area contributed by atoms with Crippen LogP contribution in [0.15, 0.2) is 0 Å². The van der Waals surface area contributed by atoms with Gasteiger partial charge in [0.15, 0.2) is 0 Å². The molecule has 4 rings (SSSR count). The Morgan fingerprint density at radius 1 is 1.12 bits per heavy atom. The second kappa shape index (κ2) is 6.55. The predicted octanol–water partition coefficient (Wildman–Crippen LogP) is 0.437. The SMILES string of the molecule is CN(C)c1nc(N)nc(CN2CCCC(c3nnc4n3CCC4)C2)n1. The summed E-state index contributed by atoms with van der Waals surface area (Å²) in [5.74, 6) is 4.34. The van der Waals surface area contributed by atoms with E-state index in [9.17, 15) is 0 Å². The number of aromatic nitrogens is 6. The smallest absolute Gasteiger partial charge is 0.229 e. The van der Waals surface area contributed by atoms with E-state index in [2.05, 4.69) is 34.6 Å². The van der Waals surface area contributed by atoms with Gasteiger partial charge in [-0.3, -0.25) is 4.90 Å². The zero-order valence-electron chi connectivity index (χ0n) is 14.9. The molecule has 0 radical (unpaired) electrons. The van der Waals surface area contributed by atoms with E-state index in [-0.39, 0.29) is 5.95 Å². The molecule has 134 valence electrons. The molecule has 2 N–H and O–H groups in total. The normalized spacial score (nSPS) is 20.6. The number of fused-ring (bicyclic) bond motifs is 1. The zero-order valence-corrected chi connectivity index (χ0v) is 14.9. The summed E-state index contributed by atoms with van der Waals surface area (Å²) in [4.78, 5) is 17.2. The fourth-order valence-electron chi connectivity index (χ4n) is 3.78. The maximum absolute atomic E-state index is 5.84. The van der Waals surface area contributed by atoms with Gasteiger partial charge in [0.25, 0.3) is 0 Å². The second-order valence-electron chi connectivity index (χ2n) is 7.11. The van der Waals surface area contributed by atoms with Gasteiger partial charge in [-0.15, -0.1) is 10.2 Å². The Morgan fingerprint density at radius 2 is 2.00 bits per heavy atom. The summed E-state index contributed by atoms with van der Waals surface area (Å²) in [5.41, 5.74) is 5.84. The lowest BCUT2D eigenvalue weighted by molar-refractivity contribution is 0.190. The van der Waals surface area contributed by atoms with Crippen molar-refractivity contribution in [2.75, 3.05) is 37.8 Å². The monoisotopic (exact) mass is 343 g/mol. The molecular formula is C16H25N9. The molecule has 1 fully saturated rings. The van der Waals surface area contributed by atoms with Gasteiger partial charge in [-0.25, -0.2) is 0 Å². The Bertz CT molecular complexity index is 754. The highest BCUT2D eigenvalue weighted by atomic mass is 15.3. The number of nitrogens with two attached hydrogens (primary N) is 1. The average Bonchev–Trinajstić information content (AvgIpc) is 3.17. The molecule has 25 heavy (non-hydrogen) atoms. The number of aryl methyl sites for hydroxylation is 1. The fraction of sp³-hybridized carbons (Fsp3) is 0.688. The Balaban J connectivity index is 1.48. The number of rotatable bonds is 4. The molecule has 2 aromatic heterocycles. The van der Waals surface area contributed by atoms with Crippen LogP contribution in [0.1, 0.15) is 42.7 Å². The number of anilines is 2. The maximum atomic E-state index is 5.84. The molecule has 0 aromatic carbocycles. The van der Waals surface area contributed by atoms with Gasteiger partial charge < -0.3 is 15.2 Å².